The largest absolute Gasteiger partial charge is 0.390 e. The van der Waals surface area contributed by atoms with Gasteiger partial charge in [-0.3, -0.25) is 19.8 Å². The zero-order valence-electron chi connectivity index (χ0n) is 10.8. The first kappa shape index (κ1) is 14.0. The number of carbonyl (C=O) groups is 3. The van der Waals surface area contributed by atoms with Gasteiger partial charge in [-0.05, 0) is 6.92 Å². The Balaban J connectivity index is 2.79. The van der Waals surface area contributed by atoms with Crippen molar-refractivity contribution in [2.24, 2.45) is 0 Å². The van der Waals surface area contributed by atoms with Gasteiger partial charge in [-0.2, -0.15) is 0 Å². The summed E-state index contributed by atoms with van der Waals surface area (Å²) in [5.74, 6) is -0.547. The van der Waals surface area contributed by atoms with Crippen molar-refractivity contribution < 1.29 is 14.4 Å². The highest BCUT2D eigenvalue weighted by Gasteiger charge is 2.34. The van der Waals surface area contributed by atoms with Gasteiger partial charge in [0, 0.05) is 19.7 Å². The lowest BCUT2D eigenvalue weighted by molar-refractivity contribution is -0.133. The van der Waals surface area contributed by atoms with Crippen LogP contribution in [0, 0.1) is 0 Å². The Morgan fingerprint density at radius 3 is 2.61 bits per heavy atom. The Morgan fingerprint density at radius 1 is 1.61 bits per heavy atom. The fraction of sp³-hybridized carbons (Fsp3) is 0.545. The molecule has 4 amide bonds. The van der Waals surface area contributed by atoms with Crippen molar-refractivity contribution in [3.8, 4) is 0 Å². The van der Waals surface area contributed by atoms with E-state index in [1.54, 1.807) is 14.0 Å². The number of hydrogen-bond acceptors (Lipinski definition) is 4. The van der Waals surface area contributed by atoms with Crippen LogP contribution in [0.3, 0.4) is 0 Å². The SMILES string of the molecule is C=C(CN(C(C)=O)C(C)N1CC(=O)NC1=O)NC. The van der Waals surface area contributed by atoms with E-state index in [-0.39, 0.29) is 24.9 Å². The summed E-state index contributed by atoms with van der Waals surface area (Å²) in [7, 11) is 1.71. The van der Waals surface area contributed by atoms with Crippen molar-refractivity contribution in [1.82, 2.24) is 20.4 Å². The molecule has 7 nitrogen and oxygen atoms in total. The lowest BCUT2D eigenvalue weighted by atomic mass is 10.3. The molecule has 18 heavy (non-hydrogen) atoms. The third kappa shape index (κ3) is 2.99. The summed E-state index contributed by atoms with van der Waals surface area (Å²) in [6.07, 6.45) is -0.501. The summed E-state index contributed by atoms with van der Waals surface area (Å²) in [5, 5.41) is 5.02. The van der Waals surface area contributed by atoms with E-state index in [1.807, 2.05) is 0 Å². The predicted octanol–water partition coefficient (Wildman–Crippen LogP) is -0.534. The molecular formula is C11H18N4O3. The Hall–Kier alpha value is -2.05. The Bertz CT molecular complexity index is 394. The zero-order valence-corrected chi connectivity index (χ0v) is 10.8. The smallest absolute Gasteiger partial charge is 0.326 e. The van der Waals surface area contributed by atoms with Gasteiger partial charge < -0.3 is 10.2 Å². The van der Waals surface area contributed by atoms with E-state index in [0.29, 0.717) is 5.70 Å². The van der Waals surface area contributed by atoms with Gasteiger partial charge in [0.1, 0.15) is 12.7 Å². The Morgan fingerprint density at radius 2 is 2.22 bits per heavy atom. The highest BCUT2D eigenvalue weighted by molar-refractivity contribution is 6.02. The van der Waals surface area contributed by atoms with Crippen LogP contribution in [0.15, 0.2) is 12.3 Å². The van der Waals surface area contributed by atoms with Gasteiger partial charge in [0.25, 0.3) is 0 Å². The van der Waals surface area contributed by atoms with Crippen molar-refractivity contribution in [3.63, 3.8) is 0 Å². The molecule has 0 aromatic carbocycles. The molecule has 1 rings (SSSR count). The minimum Gasteiger partial charge on any atom is -0.390 e. The molecule has 0 aliphatic carbocycles. The second kappa shape index (κ2) is 5.52. The van der Waals surface area contributed by atoms with E-state index >= 15 is 0 Å². The molecule has 0 saturated carbocycles. The van der Waals surface area contributed by atoms with Crippen molar-refractivity contribution in [3.05, 3.63) is 12.3 Å². The minimum atomic E-state index is -0.501. The first-order valence-corrected chi connectivity index (χ1v) is 5.60. The van der Waals surface area contributed by atoms with Crippen LogP contribution in [0.2, 0.25) is 0 Å². The molecule has 0 bridgehead atoms. The second-order valence-electron chi connectivity index (χ2n) is 4.11. The Kier molecular flexibility index (Phi) is 4.30. The number of urea groups is 1. The monoisotopic (exact) mass is 254 g/mol. The highest BCUT2D eigenvalue weighted by Crippen LogP contribution is 2.11. The van der Waals surface area contributed by atoms with E-state index < -0.39 is 12.2 Å². The number of likely N-dealkylation sites (N-methyl/N-ethyl adjacent to an activating group) is 1. The van der Waals surface area contributed by atoms with Gasteiger partial charge in [0.15, 0.2) is 0 Å². The average Bonchev–Trinajstić information content (AvgIpc) is 2.63. The maximum Gasteiger partial charge on any atom is 0.326 e. The summed E-state index contributed by atoms with van der Waals surface area (Å²) < 4.78 is 0. The van der Waals surface area contributed by atoms with E-state index in [1.165, 1.54) is 16.7 Å². The molecule has 2 N–H and O–H groups in total. The summed E-state index contributed by atoms with van der Waals surface area (Å²) in [6, 6.07) is -0.478. The minimum absolute atomic E-state index is 0.0319. The molecule has 1 heterocycles. The number of amides is 4. The third-order valence-electron chi connectivity index (χ3n) is 2.84. The van der Waals surface area contributed by atoms with E-state index in [2.05, 4.69) is 17.2 Å². The van der Waals surface area contributed by atoms with Crippen LogP contribution in [0.5, 0.6) is 0 Å². The molecule has 1 atom stereocenters. The number of nitrogens with one attached hydrogen (secondary N) is 2. The van der Waals surface area contributed by atoms with Gasteiger partial charge in [0.2, 0.25) is 11.8 Å². The van der Waals surface area contributed by atoms with Gasteiger partial charge in [-0.1, -0.05) is 6.58 Å². The lowest BCUT2D eigenvalue weighted by Gasteiger charge is -2.34. The van der Waals surface area contributed by atoms with Crippen LogP contribution >= 0.6 is 0 Å². The summed E-state index contributed by atoms with van der Waals surface area (Å²) in [5.41, 5.74) is 0.656. The lowest BCUT2D eigenvalue weighted by Crippen LogP contribution is -2.51. The first-order chi connectivity index (χ1) is 8.36. The fourth-order valence-electron chi connectivity index (χ4n) is 1.72. The van der Waals surface area contributed by atoms with Gasteiger partial charge in [-0.15, -0.1) is 0 Å². The van der Waals surface area contributed by atoms with E-state index in [9.17, 15) is 14.4 Å². The molecule has 0 radical (unpaired) electrons. The van der Waals surface area contributed by atoms with Crippen LogP contribution in [-0.4, -0.2) is 53.9 Å². The van der Waals surface area contributed by atoms with Crippen molar-refractivity contribution in [2.75, 3.05) is 20.1 Å². The van der Waals surface area contributed by atoms with Gasteiger partial charge in [0.05, 0.1) is 6.54 Å². The topological polar surface area (TPSA) is 81.8 Å². The molecule has 1 saturated heterocycles. The van der Waals surface area contributed by atoms with E-state index in [4.69, 9.17) is 0 Å². The van der Waals surface area contributed by atoms with Crippen LogP contribution in [0.25, 0.3) is 0 Å². The number of rotatable bonds is 5. The summed E-state index contributed by atoms with van der Waals surface area (Å²) in [6.45, 7) is 7.11. The molecule has 1 aliphatic rings. The number of imide groups is 1. The molecule has 0 aromatic heterocycles. The molecule has 7 heteroatoms. The average molecular weight is 254 g/mol. The quantitative estimate of drug-likeness (QED) is 0.646. The molecule has 0 aromatic rings. The van der Waals surface area contributed by atoms with Crippen molar-refractivity contribution >= 4 is 17.8 Å². The normalized spacial score (nSPS) is 16.3. The van der Waals surface area contributed by atoms with E-state index in [0.717, 1.165) is 0 Å². The first-order valence-electron chi connectivity index (χ1n) is 5.60. The third-order valence-corrected chi connectivity index (χ3v) is 2.84. The standard InChI is InChI=1S/C11H18N4O3/c1-7(12-4)5-14(9(3)16)8(2)15-6-10(17)13-11(15)18/h8,12H,1,5-6H2,2-4H3,(H,13,17,18). The van der Waals surface area contributed by atoms with Crippen LogP contribution < -0.4 is 10.6 Å². The number of hydrogen-bond donors (Lipinski definition) is 2. The van der Waals surface area contributed by atoms with Gasteiger partial charge >= 0.3 is 6.03 Å². The maximum atomic E-state index is 11.6. The van der Waals surface area contributed by atoms with Crippen LogP contribution in [0.4, 0.5) is 4.79 Å². The molecule has 1 fully saturated rings. The summed E-state index contributed by atoms with van der Waals surface area (Å²) in [4.78, 5) is 37.0. The number of carbonyl (C=O) groups excluding carboxylic acids is 3. The maximum absolute atomic E-state index is 11.6. The number of nitrogens with zero attached hydrogens (tertiary/aromatic N) is 2. The van der Waals surface area contributed by atoms with Gasteiger partial charge in [-0.25, -0.2) is 4.79 Å². The molecular weight excluding hydrogens is 236 g/mol. The molecule has 1 unspecified atom stereocenters. The zero-order chi connectivity index (χ0) is 13.9. The predicted molar refractivity (Wildman–Crippen MR) is 65.3 cm³/mol. The van der Waals surface area contributed by atoms with Crippen LogP contribution in [-0.2, 0) is 9.59 Å². The molecule has 0 spiro atoms. The molecule has 100 valence electrons. The summed E-state index contributed by atoms with van der Waals surface area (Å²) >= 11 is 0. The molecule has 1 aliphatic heterocycles. The van der Waals surface area contributed by atoms with Crippen LogP contribution in [0.1, 0.15) is 13.8 Å². The second-order valence-corrected chi connectivity index (χ2v) is 4.11. The fourth-order valence-corrected chi connectivity index (χ4v) is 1.72. The van der Waals surface area contributed by atoms with Crippen molar-refractivity contribution in [1.29, 1.82) is 0 Å². The van der Waals surface area contributed by atoms with Crippen molar-refractivity contribution in [2.45, 2.75) is 20.0 Å². The Labute approximate surface area is 106 Å². The highest BCUT2D eigenvalue weighted by atomic mass is 16.2.